The number of nitrogens with zero attached hydrogens (tertiary/aromatic N) is 5. The van der Waals surface area contributed by atoms with Crippen LogP contribution in [-0.4, -0.2) is 75.2 Å². The lowest BCUT2D eigenvalue weighted by molar-refractivity contribution is 0.169. The minimum absolute atomic E-state index is 0.0881. The van der Waals surface area contributed by atoms with Crippen molar-refractivity contribution < 1.29 is 13.5 Å². The highest BCUT2D eigenvalue weighted by Crippen LogP contribution is 2.25. The van der Waals surface area contributed by atoms with Crippen molar-refractivity contribution in [3.63, 3.8) is 0 Å². The van der Waals surface area contributed by atoms with E-state index in [-0.39, 0.29) is 12.1 Å². The number of imidazole rings is 1. The number of aryl methyl sites for hydroxylation is 1. The van der Waals surface area contributed by atoms with Gasteiger partial charge < -0.3 is 20.3 Å². The lowest BCUT2D eigenvalue weighted by Crippen LogP contribution is -2.40. The maximum Gasteiger partial charge on any atom is 0.279 e. The quantitative estimate of drug-likeness (QED) is 0.425. The molecule has 0 saturated carbocycles. The summed E-state index contributed by atoms with van der Waals surface area (Å²) in [6.45, 7) is 9.33. The molecule has 1 saturated heterocycles. The average Bonchev–Trinajstić information content (AvgIpc) is 3.33. The summed E-state index contributed by atoms with van der Waals surface area (Å²) in [5, 5.41) is 16.5. The number of rotatable bonds is 10. The van der Waals surface area contributed by atoms with Crippen LogP contribution in [-0.2, 0) is 16.8 Å². The van der Waals surface area contributed by atoms with Crippen LogP contribution >= 0.6 is 0 Å². The molecule has 0 amide bonds. The molecule has 2 aromatic heterocycles. The number of anilines is 2. The Bertz CT molecular complexity index is 962. The first-order valence-electron chi connectivity index (χ1n) is 10.5. The molecule has 0 unspecified atom stereocenters. The predicted molar refractivity (Wildman–Crippen MR) is 117 cm³/mol. The van der Waals surface area contributed by atoms with Gasteiger partial charge in [-0.3, -0.25) is 0 Å². The van der Waals surface area contributed by atoms with Crippen LogP contribution in [0.5, 0.6) is 0 Å². The van der Waals surface area contributed by atoms with Crippen LogP contribution in [0.4, 0.5) is 11.8 Å². The average molecular weight is 441 g/mol. The van der Waals surface area contributed by atoms with E-state index in [9.17, 15) is 13.5 Å². The van der Waals surface area contributed by atoms with Crippen molar-refractivity contribution in [2.75, 3.05) is 30.3 Å². The van der Waals surface area contributed by atoms with E-state index in [0.29, 0.717) is 55.5 Å². The third-order valence-electron chi connectivity index (χ3n) is 5.30. The second kappa shape index (κ2) is 9.41. The van der Waals surface area contributed by atoms with Gasteiger partial charge in [-0.25, -0.2) is 9.71 Å². The SMILES string of the molecule is CCNS(=O)(=O)N1CC[C@H](Nc2nc(N[C@@H](CC)[C@@H](C)O)nc3c2ncn3CC)C1. The third kappa shape index (κ3) is 4.82. The van der Waals surface area contributed by atoms with Gasteiger partial charge in [0.15, 0.2) is 17.0 Å². The molecule has 2 aromatic rings. The topological polar surface area (TPSA) is 137 Å². The number of aromatic nitrogens is 4. The van der Waals surface area contributed by atoms with Gasteiger partial charge in [-0.1, -0.05) is 13.8 Å². The Morgan fingerprint density at radius 2 is 2.07 bits per heavy atom. The standard InChI is InChI=1S/C18H32N8O3S/c1-5-14(12(4)27)22-18-23-16(15-17(24-18)25(7-3)11-19-15)21-13-8-9-26(10-13)30(28,29)20-6-2/h11-14,20,27H,5-10H2,1-4H3,(H2,21,22,23,24)/t12-,13+,14+/m1/s1. The van der Waals surface area contributed by atoms with Gasteiger partial charge in [-0.2, -0.15) is 22.7 Å². The van der Waals surface area contributed by atoms with E-state index in [1.807, 2.05) is 18.4 Å². The maximum absolute atomic E-state index is 12.3. The molecular weight excluding hydrogens is 408 g/mol. The van der Waals surface area contributed by atoms with Crippen molar-refractivity contribution in [3.8, 4) is 0 Å². The lowest BCUT2D eigenvalue weighted by atomic mass is 10.1. The fourth-order valence-electron chi connectivity index (χ4n) is 3.60. The summed E-state index contributed by atoms with van der Waals surface area (Å²) in [5.41, 5.74) is 1.33. The molecule has 0 bridgehead atoms. The zero-order valence-electron chi connectivity index (χ0n) is 18.0. The number of aliphatic hydroxyl groups is 1. The van der Waals surface area contributed by atoms with E-state index >= 15 is 0 Å². The zero-order chi connectivity index (χ0) is 21.9. The van der Waals surface area contributed by atoms with E-state index < -0.39 is 16.3 Å². The Hall–Kier alpha value is -2.02. The number of hydrogen-bond acceptors (Lipinski definition) is 8. The van der Waals surface area contributed by atoms with Crippen molar-refractivity contribution in [3.05, 3.63) is 6.33 Å². The molecule has 12 heteroatoms. The van der Waals surface area contributed by atoms with E-state index in [2.05, 4.69) is 30.3 Å². The largest absolute Gasteiger partial charge is 0.391 e. The van der Waals surface area contributed by atoms with Gasteiger partial charge in [0.1, 0.15) is 0 Å². The van der Waals surface area contributed by atoms with E-state index in [1.54, 1.807) is 20.2 Å². The molecule has 11 nitrogen and oxygen atoms in total. The van der Waals surface area contributed by atoms with Crippen LogP contribution in [0.15, 0.2) is 6.33 Å². The molecule has 30 heavy (non-hydrogen) atoms. The number of fused-ring (bicyclic) bond motifs is 1. The van der Waals surface area contributed by atoms with Crippen molar-refractivity contribution >= 4 is 33.1 Å². The van der Waals surface area contributed by atoms with Crippen molar-refractivity contribution in [2.24, 2.45) is 0 Å². The highest BCUT2D eigenvalue weighted by Gasteiger charge is 2.31. The number of hydrogen-bond donors (Lipinski definition) is 4. The smallest absolute Gasteiger partial charge is 0.279 e. The summed E-state index contributed by atoms with van der Waals surface area (Å²) in [5.74, 6) is 0.964. The van der Waals surface area contributed by atoms with Gasteiger partial charge in [0, 0.05) is 32.2 Å². The molecule has 0 aliphatic carbocycles. The van der Waals surface area contributed by atoms with Crippen LogP contribution in [0.1, 0.15) is 40.5 Å². The van der Waals surface area contributed by atoms with Gasteiger partial charge >= 0.3 is 0 Å². The van der Waals surface area contributed by atoms with Gasteiger partial charge in [0.25, 0.3) is 10.2 Å². The van der Waals surface area contributed by atoms with Crippen LogP contribution in [0, 0.1) is 0 Å². The van der Waals surface area contributed by atoms with E-state index in [0.717, 1.165) is 6.42 Å². The molecule has 1 fully saturated rings. The van der Waals surface area contributed by atoms with E-state index in [4.69, 9.17) is 0 Å². The second-order valence-electron chi connectivity index (χ2n) is 7.49. The number of aliphatic hydroxyl groups excluding tert-OH is 1. The Morgan fingerprint density at radius 3 is 2.70 bits per heavy atom. The molecule has 0 spiro atoms. The Morgan fingerprint density at radius 1 is 1.30 bits per heavy atom. The molecule has 3 atom stereocenters. The van der Waals surface area contributed by atoms with Gasteiger partial charge in [-0.05, 0) is 26.7 Å². The fourth-order valence-corrected chi connectivity index (χ4v) is 4.87. The highest BCUT2D eigenvalue weighted by atomic mass is 32.2. The van der Waals surface area contributed by atoms with Crippen LogP contribution in [0.3, 0.4) is 0 Å². The molecule has 3 heterocycles. The Balaban J connectivity index is 1.87. The van der Waals surface area contributed by atoms with Gasteiger partial charge in [-0.15, -0.1) is 0 Å². The first kappa shape index (κ1) is 22.7. The van der Waals surface area contributed by atoms with Crippen molar-refractivity contribution in [2.45, 2.75) is 65.3 Å². The maximum atomic E-state index is 12.3. The van der Waals surface area contributed by atoms with E-state index in [1.165, 1.54) is 4.31 Å². The fraction of sp³-hybridized carbons (Fsp3) is 0.722. The molecule has 3 rings (SSSR count). The normalized spacial score (nSPS) is 19.8. The van der Waals surface area contributed by atoms with Crippen LogP contribution < -0.4 is 15.4 Å². The highest BCUT2D eigenvalue weighted by molar-refractivity contribution is 7.87. The minimum atomic E-state index is -3.46. The zero-order valence-corrected chi connectivity index (χ0v) is 18.8. The first-order chi connectivity index (χ1) is 14.3. The molecule has 0 aromatic carbocycles. The first-order valence-corrected chi connectivity index (χ1v) is 11.9. The number of nitrogens with one attached hydrogen (secondary N) is 3. The molecule has 1 aliphatic heterocycles. The second-order valence-corrected chi connectivity index (χ2v) is 9.24. The lowest BCUT2D eigenvalue weighted by Gasteiger charge is -2.21. The van der Waals surface area contributed by atoms with Crippen LogP contribution in [0.2, 0.25) is 0 Å². The van der Waals surface area contributed by atoms with Crippen molar-refractivity contribution in [1.29, 1.82) is 0 Å². The molecule has 4 N–H and O–H groups in total. The van der Waals surface area contributed by atoms with Gasteiger partial charge in [0.05, 0.1) is 18.5 Å². The summed E-state index contributed by atoms with van der Waals surface area (Å²) >= 11 is 0. The Kier molecular flexibility index (Phi) is 7.11. The molecule has 0 radical (unpaired) electrons. The Labute approximate surface area is 177 Å². The third-order valence-corrected chi connectivity index (χ3v) is 6.96. The monoisotopic (exact) mass is 440 g/mol. The predicted octanol–water partition coefficient (Wildman–Crippen LogP) is 0.758. The summed E-state index contributed by atoms with van der Waals surface area (Å²) in [7, 11) is -3.46. The van der Waals surface area contributed by atoms with Crippen LogP contribution in [0.25, 0.3) is 11.2 Å². The van der Waals surface area contributed by atoms with Gasteiger partial charge in [0.2, 0.25) is 5.95 Å². The molecule has 168 valence electrons. The van der Waals surface area contributed by atoms with Crippen molar-refractivity contribution in [1.82, 2.24) is 28.5 Å². The molecular formula is C18H32N8O3S. The summed E-state index contributed by atoms with van der Waals surface area (Å²) in [6, 6.07) is -0.268. The summed E-state index contributed by atoms with van der Waals surface area (Å²) < 4.78 is 30.4. The molecule has 1 aliphatic rings. The summed E-state index contributed by atoms with van der Waals surface area (Å²) in [6.07, 6.45) is 2.55. The minimum Gasteiger partial charge on any atom is -0.391 e. The summed E-state index contributed by atoms with van der Waals surface area (Å²) in [4.78, 5) is 13.7.